The molecule has 1 aliphatic rings. The number of carbonyl (C=O) groups excluding carboxylic acids is 1. The molecule has 0 saturated heterocycles. The Balaban J connectivity index is 1.67. The zero-order chi connectivity index (χ0) is 14.4. The summed E-state index contributed by atoms with van der Waals surface area (Å²) in [5.41, 5.74) is 7.37. The van der Waals surface area contributed by atoms with Crippen LogP contribution in [0.25, 0.3) is 0 Å². The zero-order valence-electron chi connectivity index (χ0n) is 12.3. The second-order valence-electron chi connectivity index (χ2n) is 5.69. The van der Waals surface area contributed by atoms with Crippen molar-refractivity contribution in [2.45, 2.75) is 38.1 Å². The SMILES string of the molecule is CN(CCNC(=O)Cc1cccc(N)c1)C1CCCC1. The zero-order valence-corrected chi connectivity index (χ0v) is 12.3. The summed E-state index contributed by atoms with van der Waals surface area (Å²) in [5, 5.41) is 2.98. The van der Waals surface area contributed by atoms with Crippen molar-refractivity contribution in [2.24, 2.45) is 0 Å². The molecule has 1 aromatic carbocycles. The van der Waals surface area contributed by atoms with Gasteiger partial charge in [-0.25, -0.2) is 0 Å². The predicted molar refractivity (Wildman–Crippen MR) is 82.5 cm³/mol. The molecule has 1 aromatic rings. The molecule has 20 heavy (non-hydrogen) atoms. The lowest BCUT2D eigenvalue weighted by atomic mass is 10.1. The first-order chi connectivity index (χ1) is 9.65. The summed E-state index contributed by atoms with van der Waals surface area (Å²) < 4.78 is 0. The van der Waals surface area contributed by atoms with E-state index in [1.165, 1.54) is 25.7 Å². The van der Waals surface area contributed by atoms with Crippen LogP contribution in [0, 0.1) is 0 Å². The highest BCUT2D eigenvalue weighted by molar-refractivity contribution is 5.78. The molecule has 1 amide bonds. The van der Waals surface area contributed by atoms with Gasteiger partial charge in [0.25, 0.3) is 0 Å². The van der Waals surface area contributed by atoms with E-state index >= 15 is 0 Å². The summed E-state index contributed by atoms with van der Waals surface area (Å²) in [6.07, 6.45) is 5.69. The number of anilines is 1. The van der Waals surface area contributed by atoms with E-state index < -0.39 is 0 Å². The summed E-state index contributed by atoms with van der Waals surface area (Å²) >= 11 is 0. The highest BCUT2D eigenvalue weighted by atomic mass is 16.1. The number of nitrogens with one attached hydrogen (secondary N) is 1. The maximum Gasteiger partial charge on any atom is 0.224 e. The van der Waals surface area contributed by atoms with Crippen LogP contribution in [0.15, 0.2) is 24.3 Å². The Kier molecular flexibility index (Phi) is 5.41. The number of hydrogen-bond donors (Lipinski definition) is 2. The van der Waals surface area contributed by atoms with Gasteiger partial charge in [-0.05, 0) is 37.6 Å². The van der Waals surface area contributed by atoms with E-state index in [2.05, 4.69) is 17.3 Å². The van der Waals surface area contributed by atoms with Gasteiger partial charge < -0.3 is 16.0 Å². The maximum absolute atomic E-state index is 11.9. The van der Waals surface area contributed by atoms with Crippen LogP contribution in [0.2, 0.25) is 0 Å². The Morgan fingerprint density at radius 3 is 2.85 bits per heavy atom. The van der Waals surface area contributed by atoms with E-state index in [9.17, 15) is 4.79 Å². The van der Waals surface area contributed by atoms with E-state index in [-0.39, 0.29) is 5.91 Å². The quantitative estimate of drug-likeness (QED) is 0.778. The standard InChI is InChI=1S/C16H25N3O/c1-19(15-7-2-3-8-15)10-9-18-16(20)12-13-5-4-6-14(17)11-13/h4-6,11,15H,2-3,7-10,12,17H2,1H3,(H,18,20). The summed E-state index contributed by atoms with van der Waals surface area (Å²) in [4.78, 5) is 14.2. The van der Waals surface area contributed by atoms with Gasteiger partial charge in [0, 0.05) is 24.8 Å². The number of benzene rings is 1. The van der Waals surface area contributed by atoms with Crippen molar-refractivity contribution in [2.75, 3.05) is 25.9 Å². The van der Waals surface area contributed by atoms with Crippen molar-refractivity contribution in [3.63, 3.8) is 0 Å². The minimum atomic E-state index is 0.0652. The van der Waals surface area contributed by atoms with E-state index in [1.807, 2.05) is 24.3 Å². The molecule has 0 unspecified atom stereocenters. The van der Waals surface area contributed by atoms with Gasteiger partial charge in [-0.1, -0.05) is 25.0 Å². The lowest BCUT2D eigenvalue weighted by Gasteiger charge is -2.23. The van der Waals surface area contributed by atoms with Crippen molar-refractivity contribution >= 4 is 11.6 Å². The number of carbonyl (C=O) groups is 1. The van der Waals surface area contributed by atoms with Gasteiger partial charge in [0.1, 0.15) is 0 Å². The van der Waals surface area contributed by atoms with Gasteiger partial charge in [-0.3, -0.25) is 4.79 Å². The Hall–Kier alpha value is -1.55. The van der Waals surface area contributed by atoms with Crippen LogP contribution in [0.5, 0.6) is 0 Å². The molecular formula is C16H25N3O. The second kappa shape index (κ2) is 7.29. The molecule has 0 radical (unpaired) electrons. The van der Waals surface area contributed by atoms with E-state index in [0.29, 0.717) is 24.7 Å². The number of likely N-dealkylation sites (N-methyl/N-ethyl adjacent to an activating group) is 1. The van der Waals surface area contributed by atoms with E-state index in [0.717, 1.165) is 12.1 Å². The molecule has 0 spiro atoms. The molecule has 1 fully saturated rings. The number of nitrogens with zero attached hydrogens (tertiary/aromatic N) is 1. The maximum atomic E-state index is 11.9. The van der Waals surface area contributed by atoms with Crippen molar-refractivity contribution < 1.29 is 4.79 Å². The van der Waals surface area contributed by atoms with Crippen LogP contribution < -0.4 is 11.1 Å². The topological polar surface area (TPSA) is 58.4 Å². The summed E-state index contributed by atoms with van der Waals surface area (Å²) in [5.74, 6) is 0.0652. The molecular weight excluding hydrogens is 250 g/mol. The fraction of sp³-hybridized carbons (Fsp3) is 0.562. The minimum Gasteiger partial charge on any atom is -0.399 e. The highest BCUT2D eigenvalue weighted by Crippen LogP contribution is 2.21. The number of nitrogens with two attached hydrogens (primary N) is 1. The monoisotopic (exact) mass is 275 g/mol. The summed E-state index contributed by atoms with van der Waals surface area (Å²) in [6, 6.07) is 8.20. The Morgan fingerprint density at radius 1 is 1.40 bits per heavy atom. The first-order valence-corrected chi connectivity index (χ1v) is 7.46. The third kappa shape index (κ3) is 4.53. The number of rotatable bonds is 6. The van der Waals surface area contributed by atoms with Crippen molar-refractivity contribution in [1.82, 2.24) is 10.2 Å². The van der Waals surface area contributed by atoms with Crippen LogP contribution >= 0.6 is 0 Å². The molecule has 0 aliphatic heterocycles. The molecule has 2 rings (SSSR count). The second-order valence-corrected chi connectivity index (χ2v) is 5.69. The van der Waals surface area contributed by atoms with Crippen molar-refractivity contribution in [3.8, 4) is 0 Å². The molecule has 0 bridgehead atoms. The van der Waals surface area contributed by atoms with Crippen LogP contribution in [-0.4, -0.2) is 37.0 Å². The van der Waals surface area contributed by atoms with E-state index in [1.54, 1.807) is 0 Å². The number of nitrogen functional groups attached to an aromatic ring is 1. The summed E-state index contributed by atoms with van der Waals surface area (Å²) in [7, 11) is 2.15. The number of amides is 1. The lowest BCUT2D eigenvalue weighted by molar-refractivity contribution is -0.120. The number of hydrogen-bond acceptors (Lipinski definition) is 3. The van der Waals surface area contributed by atoms with Gasteiger partial charge in [-0.15, -0.1) is 0 Å². The van der Waals surface area contributed by atoms with Crippen LogP contribution in [0.1, 0.15) is 31.2 Å². The van der Waals surface area contributed by atoms with Gasteiger partial charge in [0.15, 0.2) is 0 Å². The van der Waals surface area contributed by atoms with Crippen LogP contribution in [0.3, 0.4) is 0 Å². The average Bonchev–Trinajstić information content (AvgIpc) is 2.92. The highest BCUT2D eigenvalue weighted by Gasteiger charge is 2.18. The first kappa shape index (κ1) is 14.9. The third-order valence-electron chi connectivity index (χ3n) is 4.05. The molecule has 0 aromatic heterocycles. The Morgan fingerprint density at radius 2 is 2.15 bits per heavy atom. The van der Waals surface area contributed by atoms with Crippen LogP contribution in [-0.2, 0) is 11.2 Å². The largest absolute Gasteiger partial charge is 0.399 e. The molecule has 4 nitrogen and oxygen atoms in total. The van der Waals surface area contributed by atoms with Gasteiger partial charge in [0.05, 0.1) is 6.42 Å². The van der Waals surface area contributed by atoms with Gasteiger partial charge >= 0.3 is 0 Å². The fourth-order valence-corrected chi connectivity index (χ4v) is 2.85. The Bertz CT molecular complexity index is 441. The van der Waals surface area contributed by atoms with Crippen LogP contribution in [0.4, 0.5) is 5.69 Å². The molecule has 110 valence electrons. The molecule has 1 saturated carbocycles. The van der Waals surface area contributed by atoms with E-state index in [4.69, 9.17) is 5.73 Å². The minimum absolute atomic E-state index is 0.0652. The lowest BCUT2D eigenvalue weighted by Crippen LogP contribution is -2.37. The summed E-state index contributed by atoms with van der Waals surface area (Å²) in [6.45, 7) is 1.64. The van der Waals surface area contributed by atoms with Gasteiger partial charge in [0.2, 0.25) is 5.91 Å². The fourth-order valence-electron chi connectivity index (χ4n) is 2.85. The first-order valence-electron chi connectivity index (χ1n) is 7.46. The van der Waals surface area contributed by atoms with Crippen molar-refractivity contribution in [3.05, 3.63) is 29.8 Å². The van der Waals surface area contributed by atoms with Crippen molar-refractivity contribution in [1.29, 1.82) is 0 Å². The molecule has 0 heterocycles. The third-order valence-corrected chi connectivity index (χ3v) is 4.05. The smallest absolute Gasteiger partial charge is 0.224 e. The molecule has 3 N–H and O–H groups in total. The van der Waals surface area contributed by atoms with Gasteiger partial charge in [-0.2, -0.15) is 0 Å². The molecule has 4 heteroatoms. The molecule has 1 aliphatic carbocycles. The normalized spacial score (nSPS) is 15.7. The molecule has 0 atom stereocenters. The predicted octanol–water partition coefficient (Wildman–Crippen LogP) is 1.80. The average molecular weight is 275 g/mol. The Labute approximate surface area is 121 Å².